The predicted molar refractivity (Wildman–Crippen MR) is 163 cm³/mol. The molecule has 0 amide bonds. The van der Waals surface area contributed by atoms with Crippen molar-refractivity contribution in [2.45, 2.75) is 193 Å². The molecule has 0 saturated heterocycles. The van der Waals surface area contributed by atoms with Gasteiger partial charge in [0.05, 0.1) is 0 Å². The van der Waals surface area contributed by atoms with Crippen molar-refractivity contribution in [1.82, 2.24) is 0 Å². The molecule has 1 N–H and O–H groups in total. The summed E-state index contributed by atoms with van der Waals surface area (Å²) < 4.78 is 5.89. The quantitative estimate of drug-likeness (QED) is 0.0563. The number of carboxylic acids is 1. The molecule has 1 atom stereocenters. The van der Waals surface area contributed by atoms with Crippen molar-refractivity contribution in [3.63, 3.8) is 0 Å². The van der Waals surface area contributed by atoms with Crippen LogP contribution in [0.3, 0.4) is 0 Å². The zero-order chi connectivity index (χ0) is 27.9. The van der Waals surface area contributed by atoms with Crippen LogP contribution in [-0.4, -0.2) is 23.1 Å². The summed E-state index contributed by atoms with van der Waals surface area (Å²) in [5.41, 5.74) is 0. The highest BCUT2D eigenvalue weighted by Crippen LogP contribution is 2.18. The van der Waals surface area contributed by atoms with Crippen molar-refractivity contribution in [3.05, 3.63) is 12.2 Å². The van der Waals surface area contributed by atoms with E-state index in [-0.39, 0.29) is 12.1 Å². The molecule has 0 aliphatic rings. The second-order valence-electron chi connectivity index (χ2n) is 11.3. The normalized spacial score (nSPS) is 12.3. The van der Waals surface area contributed by atoms with Crippen LogP contribution in [0.2, 0.25) is 0 Å². The Kier molecular flexibility index (Phi) is 29.2. The lowest BCUT2D eigenvalue weighted by Crippen LogP contribution is -2.18. The molecular weight excluding hydrogens is 472 g/mol. The summed E-state index contributed by atoms with van der Waals surface area (Å²) in [6, 6.07) is 0. The smallest absolute Gasteiger partial charge is 0.306 e. The molecule has 0 heterocycles. The van der Waals surface area contributed by atoms with E-state index >= 15 is 0 Å². The number of esters is 1. The van der Waals surface area contributed by atoms with Crippen molar-refractivity contribution in [1.29, 1.82) is 0 Å². The number of rotatable bonds is 30. The fraction of sp³-hybridized carbons (Fsp3) is 0.882. The molecule has 4 heteroatoms. The molecule has 0 spiro atoms. The van der Waals surface area contributed by atoms with Gasteiger partial charge in [-0.25, -0.2) is 0 Å². The van der Waals surface area contributed by atoms with Crippen molar-refractivity contribution in [2.24, 2.45) is 0 Å². The Hall–Kier alpha value is -1.32. The van der Waals surface area contributed by atoms with Gasteiger partial charge >= 0.3 is 11.9 Å². The molecule has 0 rings (SSSR count). The lowest BCUT2D eigenvalue weighted by atomic mass is 10.0. The number of carbonyl (C=O) groups excluding carboxylic acids is 1. The molecule has 0 radical (unpaired) electrons. The fourth-order valence-electron chi connectivity index (χ4n) is 5.00. The highest BCUT2D eigenvalue weighted by atomic mass is 16.5. The molecule has 0 aromatic heterocycles. The molecule has 0 aromatic carbocycles. The van der Waals surface area contributed by atoms with Crippen LogP contribution in [0.25, 0.3) is 0 Å². The second kappa shape index (κ2) is 30.2. The third-order valence-electron chi connectivity index (χ3n) is 7.49. The van der Waals surface area contributed by atoms with Crippen LogP contribution >= 0.6 is 0 Å². The summed E-state index contributed by atoms with van der Waals surface area (Å²) in [4.78, 5) is 23.0. The maximum atomic E-state index is 12.4. The van der Waals surface area contributed by atoms with Crippen molar-refractivity contribution >= 4 is 11.9 Å². The average Bonchev–Trinajstić information content (AvgIpc) is 2.89. The van der Waals surface area contributed by atoms with Gasteiger partial charge in [0.25, 0.3) is 0 Å². The van der Waals surface area contributed by atoms with Crippen LogP contribution in [0.5, 0.6) is 0 Å². The van der Waals surface area contributed by atoms with E-state index in [9.17, 15) is 9.59 Å². The van der Waals surface area contributed by atoms with E-state index in [2.05, 4.69) is 26.0 Å². The number of carboxylic acid groups (broad SMARTS) is 1. The van der Waals surface area contributed by atoms with E-state index in [1.165, 1.54) is 103 Å². The zero-order valence-electron chi connectivity index (χ0n) is 25.5. The molecule has 0 bridgehead atoms. The first kappa shape index (κ1) is 36.7. The Labute approximate surface area is 236 Å². The molecule has 0 saturated carbocycles. The maximum Gasteiger partial charge on any atom is 0.306 e. The lowest BCUT2D eigenvalue weighted by molar-refractivity contribution is -0.150. The second-order valence-corrected chi connectivity index (χ2v) is 11.3. The van der Waals surface area contributed by atoms with E-state index in [1.54, 1.807) is 0 Å². The molecule has 4 nitrogen and oxygen atoms in total. The molecular formula is C34H64O4. The minimum absolute atomic E-state index is 0.00237. The molecule has 0 fully saturated rings. The van der Waals surface area contributed by atoms with E-state index in [0.29, 0.717) is 12.8 Å². The topological polar surface area (TPSA) is 63.6 Å². The van der Waals surface area contributed by atoms with Crippen molar-refractivity contribution < 1.29 is 19.4 Å². The Morgan fingerprint density at radius 3 is 1.47 bits per heavy atom. The molecule has 0 aliphatic heterocycles. The van der Waals surface area contributed by atoms with Gasteiger partial charge in [-0.05, 0) is 64.2 Å². The molecule has 1 unspecified atom stereocenters. The van der Waals surface area contributed by atoms with Gasteiger partial charge in [0, 0.05) is 12.8 Å². The van der Waals surface area contributed by atoms with Gasteiger partial charge in [0.15, 0.2) is 0 Å². The SMILES string of the molecule is CCCCCCCC/C=C\CCCCCCCC(=O)OC(CCCCC)CCCCCCCCCC(=O)O. The van der Waals surface area contributed by atoms with E-state index in [0.717, 1.165) is 57.8 Å². The number of aliphatic carboxylic acids is 1. The minimum atomic E-state index is -0.689. The van der Waals surface area contributed by atoms with Crippen LogP contribution in [0.15, 0.2) is 12.2 Å². The van der Waals surface area contributed by atoms with Crippen molar-refractivity contribution in [2.75, 3.05) is 0 Å². The Balaban J connectivity index is 3.76. The Bertz CT molecular complexity index is 543. The first-order valence-electron chi connectivity index (χ1n) is 16.7. The lowest BCUT2D eigenvalue weighted by Gasteiger charge is -2.18. The average molecular weight is 537 g/mol. The summed E-state index contributed by atoms with van der Waals surface area (Å²) in [5.74, 6) is -0.687. The predicted octanol–water partition coefficient (Wildman–Crippen LogP) is 11.1. The van der Waals surface area contributed by atoms with E-state index < -0.39 is 5.97 Å². The number of ether oxygens (including phenoxy) is 1. The van der Waals surface area contributed by atoms with Gasteiger partial charge in [-0.3, -0.25) is 9.59 Å². The highest BCUT2D eigenvalue weighted by molar-refractivity contribution is 5.69. The maximum absolute atomic E-state index is 12.4. The zero-order valence-corrected chi connectivity index (χ0v) is 25.5. The van der Waals surface area contributed by atoms with Crippen LogP contribution < -0.4 is 0 Å². The Morgan fingerprint density at radius 2 is 0.947 bits per heavy atom. The van der Waals surface area contributed by atoms with Crippen LogP contribution in [0.4, 0.5) is 0 Å². The van der Waals surface area contributed by atoms with Crippen LogP contribution in [0.1, 0.15) is 187 Å². The van der Waals surface area contributed by atoms with E-state index in [1.807, 2.05) is 0 Å². The van der Waals surface area contributed by atoms with Crippen LogP contribution in [0, 0.1) is 0 Å². The van der Waals surface area contributed by atoms with Gasteiger partial charge in [-0.15, -0.1) is 0 Å². The molecule has 224 valence electrons. The first-order chi connectivity index (χ1) is 18.6. The highest BCUT2D eigenvalue weighted by Gasteiger charge is 2.14. The van der Waals surface area contributed by atoms with Crippen molar-refractivity contribution in [3.8, 4) is 0 Å². The van der Waals surface area contributed by atoms with Gasteiger partial charge in [0.2, 0.25) is 0 Å². The van der Waals surface area contributed by atoms with Gasteiger partial charge in [-0.1, -0.05) is 122 Å². The largest absolute Gasteiger partial charge is 0.481 e. The Morgan fingerprint density at radius 1 is 0.553 bits per heavy atom. The fourth-order valence-corrected chi connectivity index (χ4v) is 5.00. The number of hydrogen-bond acceptors (Lipinski definition) is 3. The van der Waals surface area contributed by atoms with Gasteiger partial charge in [-0.2, -0.15) is 0 Å². The standard InChI is InChI=1S/C34H64O4/c1-3-5-7-8-9-10-11-12-13-14-15-16-20-23-27-31-34(37)38-32(28-24-6-4-2)29-25-21-18-17-19-22-26-30-33(35)36/h12-13,32H,3-11,14-31H2,1-2H3,(H,35,36)/b13-12-. The third kappa shape index (κ3) is 29.2. The summed E-state index contributed by atoms with van der Waals surface area (Å²) in [7, 11) is 0. The number of carbonyl (C=O) groups is 2. The summed E-state index contributed by atoms with van der Waals surface area (Å²) >= 11 is 0. The summed E-state index contributed by atoms with van der Waals surface area (Å²) in [5, 5.41) is 8.69. The molecule has 38 heavy (non-hydrogen) atoms. The van der Waals surface area contributed by atoms with Gasteiger partial charge in [0.1, 0.15) is 6.10 Å². The number of unbranched alkanes of at least 4 members (excludes halogenated alkanes) is 19. The number of allylic oxidation sites excluding steroid dienone is 2. The molecule has 0 aromatic rings. The van der Waals surface area contributed by atoms with Crippen LogP contribution in [-0.2, 0) is 14.3 Å². The summed E-state index contributed by atoms with van der Waals surface area (Å²) in [6.45, 7) is 4.48. The summed E-state index contributed by atoms with van der Waals surface area (Å²) in [6.07, 6.45) is 35.3. The monoisotopic (exact) mass is 536 g/mol. The minimum Gasteiger partial charge on any atom is -0.481 e. The molecule has 0 aliphatic carbocycles. The van der Waals surface area contributed by atoms with E-state index in [4.69, 9.17) is 9.84 Å². The number of hydrogen-bond donors (Lipinski definition) is 1. The first-order valence-corrected chi connectivity index (χ1v) is 16.7. The van der Waals surface area contributed by atoms with Gasteiger partial charge < -0.3 is 9.84 Å². The third-order valence-corrected chi connectivity index (χ3v) is 7.49.